The Labute approximate surface area is 112 Å². The highest BCUT2D eigenvalue weighted by Crippen LogP contribution is 2.41. The van der Waals surface area contributed by atoms with Crippen LogP contribution in [-0.2, 0) is 4.74 Å². The lowest BCUT2D eigenvalue weighted by Crippen LogP contribution is -2.10. The number of anilines is 1. The van der Waals surface area contributed by atoms with Crippen LogP contribution in [0.3, 0.4) is 0 Å². The lowest BCUT2D eigenvalue weighted by atomic mass is 10.0. The second-order valence-corrected chi connectivity index (χ2v) is 4.55. The molecule has 0 aromatic heterocycles. The highest BCUT2D eigenvalue weighted by molar-refractivity contribution is 6.05. The van der Waals surface area contributed by atoms with E-state index in [1.165, 1.54) is 0 Å². The summed E-state index contributed by atoms with van der Waals surface area (Å²) in [5, 5.41) is 3.04. The van der Waals surface area contributed by atoms with E-state index in [0.717, 1.165) is 11.3 Å². The zero-order chi connectivity index (χ0) is 13.2. The fourth-order valence-corrected chi connectivity index (χ4v) is 2.28. The Morgan fingerprint density at radius 1 is 1.05 bits per heavy atom. The number of Topliss-reactive ketones (excluding diaryl/α,β-unsaturated/α-hetero) is 1. The number of hydrogen-bond donors (Lipinski definition) is 1. The fraction of sp³-hybridized carbons (Fsp3) is 0.188. The standard InChI is InChI=1S/C16H15NO2/c1-17-13-10-6-5-9-12(13)14(18)16-15(19-16)11-7-3-2-4-8-11/h2-10,15-17H,1H3/t15-,16+/m0/s1. The normalized spacial score (nSPS) is 20.9. The lowest BCUT2D eigenvalue weighted by Gasteiger charge is -2.06. The van der Waals surface area contributed by atoms with Crippen molar-refractivity contribution in [3.63, 3.8) is 0 Å². The van der Waals surface area contributed by atoms with Gasteiger partial charge >= 0.3 is 0 Å². The molecule has 0 unspecified atom stereocenters. The Bertz CT molecular complexity index is 595. The van der Waals surface area contributed by atoms with E-state index < -0.39 is 0 Å². The molecule has 1 aliphatic rings. The van der Waals surface area contributed by atoms with Crippen LogP contribution in [0.15, 0.2) is 54.6 Å². The first kappa shape index (κ1) is 11.9. The maximum atomic E-state index is 12.4. The van der Waals surface area contributed by atoms with Crippen LogP contribution < -0.4 is 5.32 Å². The van der Waals surface area contributed by atoms with Crippen LogP contribution in [0.25, 0.3) is 0 Å². The highest BCUT2D eigenvalue weighted by atomic mass is 16.6. The number of hydrogen-bond acceptors (Lipinski definition) is 3. The SMILES string of the molecule is CNc1ccccc1C(=O)[C@H]1O[C@H]1c1ccccc1. The predicted molar refractivity (Wildman–Crippen MR) is 74.4 cm³/mol. The van der Waals surface area contributed by atoms with Crippen LogP contribution in [0, 0.1) is 0 Å². The van der Waals surface area contributed by atoms with Gasteiger partial charge in [0.1, 0.15) is 6.10 Å². The fourth-order valence-electron chi connectivity index (χ4n) is 2.28. The molecule has 1 saturated heterocycles. The lowest BCUT2D eigenvalue weighted by molar-refractivity contribution is 0.0954. The quantitative estimate of drug-likeness (QED) is 0.672. The Balaban J connectivity index is 1.80. The minimum absolute atomic E-state index is 0.0406. The Morgan fingerprint density at radius 3 is 2.47 bits per heavy atom. The number of epoxide rings is 1. The Kier molecular flexibility index (Phi) is 3.05. The Morgan fingerprint density at radius 2 is 1.74 bits per heavy atom. The van der Waals surface area contributed by atoms with Crippen molar-refractivity contribution < 1.29 is 9.53 Å². The largest absolute Gasteiger partial charge is 0.388 e. The van der Waals surface area contributed by atoms with E-state index in [1.54, 1.807) is 0 Å². The molecule has 1 heterocycles. The molecule has 0 radical (unpaired) electrons. The van der Waals surface area contributed by atoms with Gasteiger partial charge in [-0.2, -0.15) is 0 Å². The molecule has 1 fully saturated rings. The van der Waals surface area contributed by atoms with Crippen molar-refractivity contribution in [1.29, 1.82) is 0 Å². The molecule has 0 spiro atoms. The molecule has 19 heavy (non-hydrogen) atoms. The summed E-state index contributed by atoms with van der Waals surface area (Å²) in [5.41, 5.74) is 2.59. The minimum Gasteiger partial charge on any atom is -0.388 e. The van der Waals surface area contributed by atoms with Crippen molar-refractivity contribution in [2.75, 3.05) is 12.4 Å². The number of para-hydroxylation sites is 1. The van der Waals surface area contributed by atoms with Gasteiger partial charge in [-0.3, -0.25) is 4.79 Å². The van der Waals surface area contributed by atoms with Crippen molar-refractivity contribution >= 4 is 11.5 Å². The monoisotopic (exact) mass is 253 g/mol. The number of carbonyl (C=O) groups excluding carboxylic acids is 1. The van der Waals surface area contributed by atoms with E-state index in [1.807, 2.05) is 61.6 Å². The molecule has 0 bridgehead atoms. The first-order chi connectivity index (χ1) is 9.31. The summed E-state index contributed by atoms with van der Waals surface area (Å²) in [6.45, 7) is 0. The summed E-state index contributed by atoms with van der Waals surface area (Å²) in [4.78, 5) is 12.4. The van der Waals surface area contributed by atoms with E-state index in [2.05, 4.69) is 5.32 Å². The molecule has 1 aliphatic heterocycles. The third-order valence-corrected chi connectivity index (χ3v) is 3.34. The third-order valence-electron chi connectivity index (χ3n) is 3.34. The topological polar surface area (TPSA) is 41.6 Å². The summed E-state index contributed by atoms with van der Waals surface area (Å²) in [6, 6.07) is 17.4. The van der Waals surface area contributed by atoms with Crippen LogP contribution in [0.5, 0.6) is 0 Å². The Hall–Kier alpha value is -2.13. The van der Waals surface area contributed by atoms with Crippen molar-refractivity contribution in [1.82, 2.24) is 0 Å². The van der Waals surface area contributed by atoms with Crippen molar-refractivity contribution in [2.24, 2.45) is 0 Å². The summed E-state index contributed by atoms with van der Waals surface area (Å²) < 4.78 is 5.54. The van der Waals surface area contributed by atoms with Gasteiger partial charge in [0.2, 0.25) is 0 Å². The van der Waals surface area contributed by atoms with Gasteiger partial charge in [0, 0.05) is 18.3 Å². The van der Waals surface area contributed by atoms with Crippen LogP contribution >= 0.6 is 0 Å². The molecule has 3 rings (SSSR count). The number of nitrogens with one attached hydrogen (secondary N) is 1. The smallest absolute Gasteiger partial charge is 0.196 e. The average Bonchev–Trinajstić information content (AvgIpc) is 3.28. The second-order valence-electron chi connectivity index (χ2n) is 4.55. The van der Waals surface area contributed by atoms with E-state index >= 15 is 0 Å². The van der Waals surface area contributed by atoms with Gasteiger partial charge in [0.05, 0.1) is 0 Å². The van der Waals surface area contributed by atoms with Crippen molar-refractivity contribution in [3.05, 3.63) is 65.7 Å². The van der Waals surface area contributed by atoms with Crippen molar-refractivity contribution in [3.8, 4) is 0 Å². The first-order valence-electron chi connectivity index (χ1n) is 6.32. The number of carbonyl (C=O) groups is 1. The number of rotatable bonds is 4. The van der Waals surface area contributed by atoms with Gasteiger partial charge in [-0.1, -0.05) is 42.5 Å². The second kappa shape index (κ2) is 4.86. The maximum absolute atomic E-state index is 12.4. The average molecular weight is 253 g/mol. The number of ether oxygens (including phenoxy) is 1. The van der Waals surface area contributed by atoms with E-state index in [0.29, 0.717) is 5.56 Å². The summed E-state index contributed by atoms with van der Waals surface area (Å²) in [7, 11) is 1.81. The molecular weight excluding hydrogens is 238 g/mol. The first-order valence-corrected chi connectivity index (χ1v) is 6.32. The van der Waals surface area contributed by atoms with E-state index in [-0.39, 0.29) is 18.0 Å². The summed E-state index contributed by atoms with van der Waals surface area (Å²) in [5.74, 6) is 0.0406. The van der Waals surface area contributed by atoms with Gasteiger partial charge in [-0.25, -0.2) is 0 Å². The molecule has 2 aromatic rings. The van der Waals surface area contributed by atoms with Crippen LogP contribution in [0.1, 0.15) is 22.0 Å². The van der Waals surface area contributed by atoms with Gasteiger partial charge in [-0.15, -0.1) is 0 Å². The predicted octanol–water partition coefficient (Wildman–Crippen LogP) is 3.05. The number of benzene rings is 2. The molecule has 2 aromatic carbocycles. The van der Waals surface area contributed by atoms with Crippen LogP contribution in [0.2, 0.25) is 0 Å². The molecule has 0 amide bonds. The van der Waals surface area contributed by atoms with Gasteiger partial charge in [0.25, 0.3) is 0 Å². The van der Waals surface area contributed by atoms with Gasteiger partial charge < -0.3 is 10.1 Å². The molecular formula is C16H15NO2. The maximum Gasteiger partial charge on any atom is 0.196 e. The van der Waals surface area contributed by atoms with E-state index in [9.17, 15) is 4.79 Å². The molecule has 96 valence electrons. The molecule has 1 N–H and O–H groups in total. The summed E-state index contributed by atoms with van der Waals surface area (Å²) in [6.07, 6.45) is -0.449. The molecule has 3 nitrogen and oxygen atoms in total. The van der Waals surface area contributed by atoms with Gasteiger partial charge in [-0.05, 0) is 17.7 Å². The molecule has 2 atom stereocenters. The van der Waals surface area contributed by atoms with Gasteiger partial charge in [0.15, 0.2) is 11.9 Å². The molecule has 3 heteroatoms. The van der Waals surface area contributed by atoms with Crippen molar-refractivity contribution in [2.45, 2.75) is 12.2 Å². The van der Waals surface area contributed by atoms with E-state index in [4.69, 9.17) is 4.74 Å². The number of ketones is 1. The minimum atomic E-state index is -0.350. The third kappa shape index (κ3) is 2.25. The molecule has 0 aliphatic carbocycles. The van der Waals surface area contributed by atoms with Crippen LogP contribution in [-0.4, -0.2) is 18.9 Å². The zero-order valence-electron chi connectivity index (χ0n) is 10.7. The highest BCUT2D eigenvalue weighted by Gasteiger charge is 2.46. The summed E-state index contributed by atoms with van der Waals surface area (Å²) >= 11 is 0. The van der Waals surface area contributed by atoms with Crippen LogP contribution in [0.4, 0.5) is 5.69 Å². The molecule has 0 saturated carbocycles. The zero-order valence-corrected chi connectivity index (χ0v) is 10.7.